The molecule has 3 nitrogen and oxygen atoms in total. The van der Waals surface area contributed by atoms with Crippen LogP contribution in [0.15, 0.2) is 30.9 Å². The highest BCUT2D eigenvalue weighted by atomic mass is 35.5. The van der Waals surface area contributed by atoms with Crippen LogP contribution in [-0.2, 0) is 0 Å². The van der Waals surface area contributed by atoms with Crippen molar-refractivity contribution in [1.82, 2.24) is 0 Å². The Morgan fingerprint density at radius 2 is 2.11 bits per heavy atom. The molecule has 2 N–H and O–H groups in total. The van der Waals surface area contributed by atoms with Crippen LogP contribution in [0.1, 0.15) is 31.4 Å². The Morgan fingerprint density at radius 3 is 2.67 bits per heavy atom. The molecular formula is C14H22ClNO2. The van der Waals surface area contributed by atoms with Crippen LogP contribution >= 0.6 is 12.4 Å². The third kappa shape index (κ3) is 4.59. The summed E-state index contributed by atoms with van der Waals surface area (Å²) in [5.41, 5.74) is 7.16. The van der Waals surface area contributed by atoms with Gasteiger partial charge in [-0.3, -0.25) is 0 Å². The van der Waals surface area contributed by atoms with E-state index in [1.807, 2.05) is 31.2 Å². The first kappa shape index (κ1) is 16.8. The fourth-order valence-corrected chi connectivity index (χ4v) is 1.66. The van der Waals surface area contributed by atoms with Gasteiger partial charge in [0.2, 0.25) is 0 Å². The highest BCUT2D eigenvalue weighted by Crippen LogP contribution is 2.30. The molecule has 102 valence electrons. The topological polar surface area (TPSA) is 44.5 Å². The molecule has 0 aliphatic carbocycles. The maximum Gasteiger partial charge on any atom is 0.161 e. The molecule has 1 atom stereocenters. The molecule has 0 aromatic heterocycles. The van der Waals surface area contributed by atoms with Crippen molar-refractivity contribution >= 4 is 12.4 Å². The van der Waals surface area contributed by atoms with Gasteiger partial charge in [-0.05, 0) is 37.5 Å². The van der Waals surface area contributed by atoms with E-state index in [1.165, 1.54) is 0 Å². The number of hydrogen-bond donors (Lipinski definition) is 1. The van der Waals surface area contributed by atoms with Gasteiger partial charge in [0.1, 0.15) is 0 Å². The normalized spacial score (nSPS) is 11.3. The summed E-state index contributed by atoms with van der Waals surface area (Å²) >= 11 is 0. The zero-order chi connectivity index (χ0) is 12.7. The summed E-state index contributed by atoms with van der Waals surface area (Å²) in [6.45, 7) is 6.26. The SMILES string of the molecule is C=CCC[C@@H](N)c1ccc(OC)c(OCC)c1.Cl. The lowest BCUT2D eigenvalue weighted by Crippen LogP contribution is -2.10. The minimum atomic E-state index is 0. The van der Waals surface area contributed by atoms with Crippen LogP contribution in [0.3, 0.4) is 0 Å². The number of methoxy groups -OCH3 is 1. The molecule has 0 fully saturated rings. The largest absolute Gasteiger partial charge is 0.493 e. The van der Waals surface area contributed by atoms with E-state index >= 15 is 0 Å². The van der Waals surface area contributed by atoms with E-state index in [0.717, 1.165) is 29.9 Å². The number of ether oxygens (including phenoxy) is 2. The molecule has 4 heteroatoms. The second-order valence-corrected chi connectivity index (χ2v) is 3.82. The molecule has 1 aromatic carbocycles. The number of nitrogens with two attached hydrogens (primary N) is 1. The molecule has 0 spiro atoms. The summed E-state index contributed by atoms with van der Waals surface area (Å²) in [5.74, 6) is 1.49. The van der Waals surface area contributed by atoms with Gasteiger partial charge in [0, 0.05) is 6.04 Å². The lowest BCUT2D eigenvalue weighted by atomic mass is 10.0. The number of benzene rings is 1. The summed E-state index contributed by atoms with van der Waals surface area (Å²) in [4.78, 5) is 0. The minimum absolute atomic E-state index is 0. The number of halogens is 1. The van der Waals surface area contributed by atoms with Crippen LogP contribution in [0.5, 0.6) is 11.5 Å². The van der Waals surface area contributed by atoms with Crippen molar-refractivity contribution in [2.24, 2.45) is 5.73 Å². The first-order valence-corrected chi connectivity index (χ1v) is 5.90. The first-order chi connectivity index (χ1) is 8.22. The third-order valence-corrected chi connectivity index (χ3v) is 2.60. The Hall–Kier alpha value is -1.19. The average Bonchev–Trinajstić information content (AvgIpc) is 2.36. The molecule has 0 heterocycles. The lowest BCUT2D eigenvalue weighted by molar-refractivity contribution is 0.310. The van der Waals surface area contributed by atoms with Gasteiger partial charge in [0.25, 0.3) is 0 Å². The van der Waals surface area contributed by atoms with Crippen LogP contribution in [0, 0.1) is 0 Å². The Bertz CT molecular complexity index is 369. The number of rotatable bonds is 7. The summed E-state index contributed by atoms with van der Waals surface area (Å²) < 4.78 is 10.8. The zero-order valence-electron chi connectivity index (χ0n) is 11.0. The smallest absolute Gasteiger partial charge is 0.161 e. The third-order valence-electron chi connectivity index (χ3n) is 2.60. The molecule has 1 rings (SSSR count). The van der Waals surface area contributed by atoms with Gasteiger partial charge >= 0.3 is 0 Å². The maximum atomic E-state index is 6.09. The predicted molar refractivity (Wildman–Crippen MR) is 77.8 cm³/mol. The molecule has 0 amide bonds. The predicted octanol–water partition coefficient (Wildman–Crippen LogP) is 3.48. The molecule has 0 unspecified atom stereocenters. The highest BCUT2D eigenvalue weighted by Gasteiger charge is 2.10. The Kier molecular flexibility index (Phi) is 8.25. The first-order valence-electron chi connectivity index (χ1n) is 5.90. The second kappa shape index (κ2) is 8.84. The van der Waals surface area contributed by atoms with E-state index in [4.69, 9.17) is 15.2 Å². The Balaban J connectivity index is 0.00000289. The lowest BCUT2D eigenvalue weighted by Gasteiger charge is -2.15. The summed E-state index contributed by atoms with van der Waals surface area (Å²) in [6, 6.07) is 5.84. The van der Waals surface area contributed by atoms with Crippen LogP contribution in [0.2, 0.25) is 0 Å². The van der Waals surface area contributed by atoms with Gasteiger partial charge in [-0.2, -0.15) is 0 Å². The van der Waals surface area contributed by atoms with Gasteiger partial charge < -0.3 is 15.2 Å². The molecule has 0 aliphatic rings. The van der Waals surface area contributed by atoms with Crippen molar-refractivity contribution in [2.75, 3.05) is 13.7 Å². The standard InChI is InChI=1S/C14H21NO2.ClH/c1-4-6-7-12(15)11-8-9-13(16-3)14(10-11)17-5-2;/h4,8-10,12H,1,5-7,15H2,2-3H3;1H/t12-;/m1./s1. The van der Waals surface area contributed by atoms with Crippen LogP contribution in [0.25, 0.3) is 0 Å². The van der Waals surface area contributed by atoms with Crippen LogP contribution in [0.4, 0.5) is 0 Å². The fourth-order valence-electron chi connectivity index (χ4n) is 1.66. The summed E-state index contributed by atoms with van der Waals surface area (Å²) in [6.07, 6.45) is 3.69. The molecule has 0 radical (unpaired) electrons. The summed E-state index contributed by atoms with van der Waals surface area (Å²) in [5, 5.41) is 0. The van der Waals surface area contributed by atoms with Gasteiger partial charge in [-0.15, -0.1) is 19.0 Å². The van der Waals surface area contributed by atoms with Gasteiger partial charge in [0.15, 0.2) is 11.5 Å². The van der Waals surface area contributed by atoms with Crippen molar-refractivity contribution in [3.05, 3.63) is 36.4 Å². The zero-order valence-corrected chi connectivity index (χ0v) is 11.8. The minimum Gasteiger partial charge on any atom is -0.493 e. The quantitative estimate of drug-likeness (QED) is 0.772. The van der Waals surface area contributed by atoms with Gasteiger partial charge in [-0.25, -0.2) is 0 Å². The van der Waals surface area contributed by atoms with Crippen LogP contribution in [-0.4, -0.2) is 13.7 Å². The molecule has 0 saturated carbocycles. The highest BCUT2D eigenvalue weighted by molar-refractivity contribution is 5.85. The van der Waals surface area contributed by atoms with E-state index in [9.17, 15) is 0 Å². The Labute approximate surface area is 115 Å². The van der Waals surface area contributed by atoms with E-state index < -0.39 is 0 Å². The van der Waals surface area contributed by atoms with Crippen molar-refractivity contribution in [3.8, 4) is 11.5 Å². The van der Waals surface area contributed by atoms with Gasteiger partial charge in [0.05, 0.1) is 13.7 Å². The van der Waals surface area contributed by atoms with Crippen LogP contribution < -0.4 is 15.2 Å². The molecule has 0 saturated heterocycles. The molecule has 18 heavy (non-hydrogen) atoms. The monoisotopic (exact) mass is 271 g/mol. The van der Waals surface area contributed by atoms with E-state index in [-0.39, 0.29) is 18.4 Å². The van der Waals surface area contributed by atoms with Gasteiger partial charge in [-0.1, -0.05) is 12.1 Å². The Morgan fingerprint density at radius 1 is 1.39 bits per heavy atom. The fraction of sp³-hybridized carbons (Fsp3) is 0.429. The molecule has 0 aliphatic heterocycles. The van der Waals surface area contributed by atoms with Crippen molar-refractivity contribution < 1.29 is 9.47 Å². The van der Waals surface area contributed by atoms with Crippen molar-refractivity contribution in [2.45, 2.75) is 25.8 Å². The molecular weight excluding hydrogens is 250 g/mol. The van der Waals surface area contributed by atoms with Crippen molar-refractivity contribution in [3.63, 3.8) is 0 Å². The number of allylic oxidation sites excluding steroid dienone is 1. The molecule has 0 bridgehead atoms. The van der Waals surface area contributed by atoms with E-state index in [1.54, 1.807) is 7.11 Å². The molecule has 1 aromatic rings. The average molecular weight is 272 g/mol. The van der Waals surface area contributed by atoms with E-state index in [0.29, 0.717) is 6.61 Å². The summed E-state index contributed by atoms with van der Waals surface area (Å²) in [7, 11) is 1.63. The number of hydrogen-bond acceptors (Lipinski definition) is 3. The second-order valence-electron chi connectivity index (χ2n) is 3.82. The van der Waals surface area contributed by atoms with E-state index in [2.05, 4.69) is 6.58 Å². The maximum absolute atomic E-state index is 6.09. The van der Waals surface area contributed by atoms with Crippen molar-refractivity contribution in [1.29, 1.82) is 0 Å².